The maximum Gasteiger partial charge on any atom is -0.0260 e. The molecule has 0 fully saturated rings. The lowest BCUT2D eigenvalue weighted by molar-refractivity contribution is 0.719. The lowest BCUT2D eigenvalue weighted by atomic mass is 9.97. The molecule has 66 valence electrons. The van der Waals surface area contributed by atoms with Crippen LogP contribution in [0.4, 0.5) is 0 Å². The van der Waals surface area contributed by atoms with Crippen LogP contribution >= 0.6 is 0 Å². The van der Waals surface area contributed by atoms with Crippen LogP contribution in [0.2, 0.25) is 0 Å². The van der Waals surface area contributed by atoms with Crippen molar-refractivity contribution in [2.45, 2.75) is 53.9 Å². The van der Waals surface area contributed by atoms with Gasteiger partial charge in [-0.3, -0.25) is 0 Å². The van der Waals surface area contributed by atoms with Crippen molar-refractivity contribution >= 4 is 0 Å². The zero-order chi connectivity index (χ0) is 8.85. The standard InChI is InChI=1S/C11H22/c1-6-7-8-10(4)11(5)9(2)3/h9H,6-8H2,1-5H3/b11-10+. The van der Waals surface area contributed by atoms with Gasteiger partial charge in [-0.15, -0.1) is 0 Å². The van der Waals surface area contributed by atoms with Crippen LogP contribution in [0.25, 0.3) is 0 Å². The van der Waals surface area contributed by atoms with Crippen molar-refractivity contribution in [3.8, 4) is 0 Å². The average Bonchev–Trinajstić information content (AvgIpc) is 1.98. The van der Waals surface area contributed by atoms with Gasteiger partial charge in [0.05, 0.1) is 0 Å². The Hall–Kier alpha value is -0.260. The topological polar surface area (TPSA) is 0 Å². The van der Waals surface area contributed by atoms with Gasteiger partial charge in [0.25, 0.3) is 0 Å². The predicted molar refractivity (Wildman–Crippen MR) is 52.7 cm³/mol. The molecule has 0 nitrogen and oxygen atoms in total. The van der Waals surface area contributed by atoms with E-state index in [1.165, 1.54) is 19.3 Å². The van der Waals surface area contributed by atoms with E-state index in [2.05, 4.69) is 34.6 Å². The van der Waals surface area contributed by atoms with Gasteiger partial charge in [0.1, 0.15) is 0 Å². The Morgan fingerprint density at radius 1 is 1.18 bits per heavy atom. The van der Waals surface area contributed by atoms with E-state index in [1.807, 2.05) is 0 Å². The summed E-state index contributed by atoms with van der Waals surface area (Å²) in [5.41, 5.74) is 3.18. The van der Waals surface area contributed by atoms with E-state index < -0.39 is 0 Å². The molecule has 0 N–H and O–H groups in total. The molecule has 0 aromatic carbocycles. The Kier molecular flexibility index (Phi) is 5.27. The van der Waals surface area contributed by atoms with E-state index in [4.69, 9.17) is 0 Å². The molecule has 0 spiro atoms. The number of allylic oxidation sites excluding steroid dienone is 2. The fraction of sp³-hybridized carbons (Fsp3) is 0.818. The molecule has 11 heavy (non-hydrogen) atoms. The minimum absolute atomic E-state index is 0.729. The van der Waals surface area contributed by atoms with Gasteiger partial charge in [-0.1, -0.05) is 38.3 Å². The van der Waals surface area contributed by atoms with E-state index in [0.29, 0.717) is 0 Å². The minimum atomic E-state index is 0.729. The minimum Gasteiger partial charge on any atom is -0.0741 e. The highest BCUT2D eigenvalue weighted by Crippen LogP contribution is 2.17. The Morgan fingerprint density at radius 2 is 1.73 bits per heavy atom. The summed E-state index contributed by atoms with van der Waals surface area (Å²) in [6.45, 7) is 11.3. The molecule has 0 heterocycles. The average molecular weight is 154 g/mol. The summed E-state index contributed by atoms with van der Waals surface area (Å²) in [6, 6.07) is 0. The summed E-state index contributed by atoms with van der Waals surface area (Å²) >= 11 is 0. The summed E-state index contributed by atoms with van der Waals surface area (Å²) in [6.07, 6.45) is 3.94. The van der Waals surface area contributed by atoms with E-state index in [0.717, 1.165) is 5.92 Å². The predicted octanol–water partition coefficient (Wildman–Crippen LogP) is 4.17. The highest BCUT2D eigenvalue weighted by molar-refractivity contribution is 5.11. The van der Waals surface area contributed by atoms with E-state index in [9.17, 15) is 0 Å². The van der Waals surface area contributed by atoms with Crippen LogP contribution in [-0.2, 0) is 0 Å². The highest BCUT2D eigenvalue weighted by Gasteiger charge is 2.00. The van der Waals surface area contributed by atoms with Crippen molar-refractivity contribution in [3.05, 3.63) is 11.1 Å². The molecule has 0 unspecified atom stereocenters. The highest BCUT2D eigenvalue weighted by atomic mass is 14.1. The van der Waals surface area contributed by atoms with Crippen molar-refractivity contribution in [2.24, 2.45) is 5.92 Å². The molecule has 0 amide bonds. The fourth-order valence-corrected chi connectivity index (χ4v) is 1.13. The van der Waals surface area contributed by atoms with Crippen molar-refractivity contribution in [1.29, 1.82) is 0 Å². The number of unbranched alkanes of at least 4 members (excludes halogenated alkanes) is 1. The molecule has 0 aliphatic rings. The van der Waals surface area contributed by atoms with Crippen molar-refractivity contribution < 1.29 is 0 Å². The van der Waals surface area contributed by atoms with Crippen molar-refractivity contribution in [3.63, 3.8) is 0 Å². The first-order valence-corrected chi connectivity index (χ1v) is 4.75. The molecule has 0 bridgehead atoms. The molecule has 0 aliphatic carbocycles. The molecule has 0 aromatic rings. The molecular weight excluding hydrogens is 132 g/mol. The fourth-order valence-electron chi connectivity index (χ4n) is 1.13. The number of rotatable bonds is 4. The normalized spacial score (nSPS) is 13.6. The van der Waals surface area contributed by atoms with Crippen LogP contribution < -0.4 is 0 Å². The maximum atomic E-state index is 2.27. The molecular formula is C11H22. The summed E-state index contributed by atoms with van der Waals surface area (Å²) in [4.78, 5) is 0. The largest absolute Gasteiger partial charge is 0.0741 e. The number of hydrogen-bond acceptors (Lipinski definition) is 0. The SMILES string of the molecule is CCCC/C(C)=C(\C)C(C)C. The van der Waals surface area contributed by atoms with Gasteiger partial charge in [0, 0.05) is 0 Å². The lowest BCUT2D eigenvalue weighted by Gasteiger charge is -2.10. The van der Waals surface area contributed by atoms with Crippen LogP contribution in [0.3, 0.4) is 0 Å². The van der Waals surface area contributed by atoms with E-state index in [-0.39, 0.29) is 0 Å². The third-order valence-corrected chi connectivity index (χ3v) is 2.44. The first-order valence-electron chi connectivity index (χ1n) is 4.75. The number of hydrogen-bond donors (Lipinski definition) is 0. The van der Waals surface area contributed by atoms with E-state index >= 15 is 0 Å². The third-order valence-electron chi connectivity index (χ3n) is 2.44. The second kappa shape index (κ2) is 5.40. The molecule has 0 radical (unpaired) electrons. The van der Waals surface area contributed by atoms with Gasteiger partial charge in [-0.25, -0.2) is 0 Å². The smallest absolute Gasteiger partial charge is 0.0260 e. The zero-order valence-electron chi connectivity index (χ0n) is 8.70. The monoisotopic (exact) mass is 154 g/mol. The first kappa shape index (κ1) is 10.7. The van der Waals surface area contributed by atoms with Crippen LogP contribution in [0.1, 0.15) is 53.9 Å². The molecule has 0 atom stereocenters. The summed E-state index contributed by atoms with van der Waals surface area (Å²) < 4.78 is 0. The Bertz CT molecular complexity index is 129. The second-order valence-electron chi connectivity index (χ2n) is 3.72. The lowest BCUT2D eigenvalue weighted by Crippen LogP contribution is -1.93. The molecule has 0 heteroatoms. The van der Waals surface area contributed by atoms with Crippen LogP contribution in [0.5, 0.6) is 0 Å². The van der Waals surface area contributed by atoms with Gasteiger partial charge in [0.2, 0.25) is 0 Å². The molecule has 0 aromatic heterocycles. The maximum absolute atomic E-state index is 2.27. The summed E-state index contributed by atoms with van der Waals surface area (Å²) in [5, 5.41) is 0. The Balaban J connectivity index is 3.94. The summed E-state index contributed by atoms with van der Waals surface area (Å²) in [7, 11) is 0. The zero-order valence-corrected chi connectivity index (χ0v) is 8.70. The summed E-state index contributed by atoms with van der Waals surface area (Å²) in [5.74, 6) is 0.729. The first-order chi connectivity index (χ1) is 5.09. The third kappa shape index (κ3) is 4.23. The van der Waals surface area contributed by atoms with Crippen molar-refractivity contribution in [2.75, 3.05) is 0 Å². The van der Waals surface area contributed by atoms with E-state index in [1.54, 1.807) is 11.1 Å². The second-order valence-corrected chi connectivity index (χ2v) is 3.72. The van der Waals surface area contributed by atoms with Gasteiger partial charge < -0.3 is 0 Å². The Labute approximate surface area is 71.7 Å². The van der Waals surface area contributed by atoms with Crippen molar-refractivity contribution in [1.82, 2.24) is 0 Å². The van der Waals surface area contributed by atoms with Crippen LogP contribution in [0.15, 0.2) is 11.1 Å². The van der Waals surface area contributed by atoms with Gasteiger partial charge in [0.15, 0.2) is 0 Å². The quantitative estimate of drug-likeness (QED) is 0.533. The van der Waals surface area contributed by atoms with Crippen LogP contribution in [-0.4, -0.2) is 0 Å². The molecule has 0 rings (SSSR count). The van der Waals surface area contributed by atoms with Gasteiger partial charge >= 0.3 is 0 Å². The van der Waals surface area contributed by atoms with Crippen LogP contribution in [0, 0.1) is 5.92 Å². The van der Waals surface area contributed by atoms with Gasteiger partial charge in [-0.2, -0.15) is 0 Å². The molecule has 0 saturated carbocycles. The molecule has 0 saturated heterocycles. The molecule has 0 aliphatic heterocycles. The Morgan fingerprint density at radius 3 is 2.09 bits per heavy atom. The van der Waals surface area contributed by atoms with Gasteiger partial charge in [-0.05, 0) is 32.6 Å².